The van der Waals surface area contributed by atoms with E-state index < -0.39 is 10.2 Å². The quantitative estimate of drug-likeness (QED) is 0.788. The molecule has 0 spiro atoms. The van der Waals surface area contributed by atoms with Crippen molar-refractivity contribution in [1.82, 2.24) is 13.9 Å². The Labute approximate surface area is 138 Å². The van der Waals surface area contributed by atoms with Crippen molar-refractivity contribution in [2.75, 3.05) is 46.9 Å². The second-order valence-electron chi connectivity index (χ2n) is 5.45. The lowest BCUT2D eigenvalue weighted by Gasteiger charge is -2.31. The van der Waals surface area contributed by atoms with Crippen LogP contribution in [0.5, 0.6) is 11.5 Å². The molecule has 0 unspecified atom stereocenters. The number of hydrogen-bond acceptors (Lipinski definition) is 5. The minimum absolute atomic E-state index is 0.220. The van der Waals surface area contributed by atoms with Gasteiger partial charge in [0.1, 0.15) is 0 Å². The molecule has 0 atom stereocenters. The van der Waals surface area contributed by atoms with E-state index in [9.17, 15) is 8.42 Å². The van der Waals surface area contributed by atoms with Crippen molar-refractivity contribution in [1.29, 1.82) is 0 Å². The molecule has 0 aromatic heterocycles. The first-order valence-corrected chi connectivity index (χ1v) is 9.13. The maximum atomic E-state index is 12.3. The Bertz CT molecular complexity index is 613. The van der Waals surface area contributed by atoms with Crippen LogP contribution < -0.4 is 14.2 Å². The van der Waals surface area contributed by atoms with Gasteiger partial charge in [-0.1, -0.05) is 6.07 Å². The molecule has 2 rings (SSSR count). The zero-order chi connectivity index (χ0) is 16.9. The second-order valence-corrected chi connectivity index (χ2v) is 7.20. The molecule has 1 saturated heterocycles. The highest BCUT2D eigenvalue weighted by atomic mass is 32.2. The van der Waals surface area contributed by atoms with Gasteiger partial charge in [-0.3, -0.25) is 0 Å². The maximum Gasteiger partial charge on any atom is 0.279 e. The van der Waals surface area contributed by atoms with Crippen molar-refractivity contribution in [3.63, 3.8) is 0 Å². The number of piperazine rings is 1. The molecule has 1 aliphatic heterocycles. The van der Waals surface area contributed by atoms with Gasteiger partial charge >= 0.3 is 0 Å². The van der Waals surface area contributed by atoms with E-state index in [1.165, 1.54) is 4.31 Å². The molecular formula is C15H25N3O4S. The van der Waals surface area contributed by atoms with E-state index in [4.69, 9.17) is 9.47 Å². The Hall–Kier alpha value is -1.35. The molecule has 8 heteroatoms. The molecule has 7 nitrogen and oxygen atoms in total. The number of nitrogens with zero attached hydrogens (tertiary/aromatic N) is 2. The summed E-state index contributed by atoms with van der Waals surface area (Å²) in [6.07, 6.45) is 0. The standard InChI is InChI=1S/C15H25N3O4S/c1-4-22-14-6-5-13(11-15(14)21-3)12-16-23(19,20)18-9-7-17(2)8-10-18/h5-6,11,16H,4,7-10,12H2,1-3H3. The summed E-state index contributed by atoms with van der Waals surface area (Å²) in [5.74, 6) is 1.25. The normalized spacial score (nSPS) is 17.2. The van der Waals surface area contributed by atoms with Crippen LogP contribution in [-0.2, 0) is 16.8 Å². The van der Waals surface area contributed by atoms with E-state index in [1.54, 1.807) is 19.2 Å². The van der Waals surface area contributed by atoms with E-state index in [-0.39, 0.29) is 6.54 Å². The van der Waals surface area contributed by atoms with Crippen molar-refractivity contribution in [2.24, 2.45) is 0 Å². The molecule has 0 aliphatic carbocycles. The molecule has 1 aromatic rings. The number of rotatable bonds is 7. The summed E-state index contributed by atoms with van der Waals surface area (Å²) >= 11 is 0. The molecule has 0 amide bonds. The van der Waals surface area contributed by atoms with Crippen molar-refractivity contribution < 1.29 is 17.9 Å². The molecular weight excluding hydrogens is 318 g/mol. The summed E-state index contributed by atoms with van der Waals surface area (Å²) in [5.41, 5.74) is 0.822. The van der Waals surface area contributed by atoms with Gasteiger partial charge in [-0.2, -0.15) is 17.4 Å². The van der Waals surface area contributed by atoms with Crippen molar-refractivity contribution >= 4 is 10.2 Å². The Balaban J connectivity index is 1.99. The Morgan fingerprint density at radius 1 is 1.17 bits per heavy atom. The van der Waals surface area contributed by atoms with Gasteiger partial charge in [0, 0.05) is 32.7 Å². The average molecular weight is 343 g/mol. The van der Waals surface area contributed by atoms with Crippen LogP contribution in [0.25, 0.3) is 0 Å². The lowest BCUT2D eigenvalue weighted by molar-refractivity contribution is 0.221. The minimum atomic E-state index is -3.46. The predicted molar refractivity (Wildman–Crippen MR) is 89.0 cm³/mol. The SMILES string of the molecule is CCOc1ccc(CNS(=O)(=O)N2CCN(C)CC2)cc1OC. The molecule has 0 bridgehead atoms. The highest BCUT2D eigenvalue weighted by Crippen LogP contribution is 2.28. The van der Waals surface area contributed by atoms with Gasteiger partial charge in [-0.25, -0.2) is 0 Å². The predicted octanol–water partition coefficient (Wildman–Crippen LogP) is 0.676. The average Bonchev–Trinajstić information content (AvgIpc) is 2.54. The Morgan fingerprint density at radius 3 is 2.48 bits per heavy atom. The van der Waals surface area contributed by atoms with Gasteiger partial charge in [-0.05, 0) is 31.7 Å². The van der Waals surface area contributed by atoms with Crippen molar-refractivity contribution in [3.8, 4) is 11.5 Å². The van der Waals surface area contributed by atoms with Gasteiger partial charge in [0.15, 0.2) is 11.5 Å². The summed E-state index contributed by atoms with van der Waals surface area (Å²) in [5, 5.41) is 0. The topological polar surface area (TPSA) is 71.1 Å². The Kier molecular flexibility index (Phi) is 6.23. The molecule has 0 saturated carbocycles. The van der Waals surface area contributed by atoms with Gasteiger partial charge in [0.25, 0.3) is 10.2 Å². The molecule has 130 valence electrons. The smallest absolute Gasteiger partial charge is 0.279 e. The van der Waals surface area contributed by atoms with Crippen molar-refractivity contribution in [2.45, 2.75) is 13.5 Å². The molecule has 0 radical (unpaired) electrons. The fourth-order valence-electron chi connectivity index (χ4n) is 2.39. The van der Waals surface area contributed by atoms with Crippen LogP contribution >= 0.6 is 0 Å². The maximum absolute atomic E-state index is 12.3. The third kappa shape index (κ3) is 4.81. The van der Waals surface area contributed by atoms with Gasteiger partial charge < -0.3 is 14.4 Å². The number of benzene rings is 1. The van der Waals surface area contributed by atoms with Gasteiger partial charge in [0.05, 0.1) is 13.7 Å². The fraction of sp³-hybridized carbons (Fsp3) is 0.600. The van der Waals surface area contributed by atoms with Crippen LogP contribution in [0.4, 0.5) is 0 Å². The molecule has 1 aliphatic rings. The fourth-order valence-corrected chi connectivity index (χ4v) is 3.57. The summed E-state index contributed by atoms with van der Waals surface area (Å²) in [7, 11) is 0.0949. The van der Waals surface area contributed by atoms with E-state index in [0.717, 1.165) is 18.7 Å². The van der Waals surface area contributed by atoms with Crippen LogP contribution in [-0.4, -0.2) is 64.6 Å². The third-order valence-electron chi connectivity index (χ3n) is 3.79. The van der Waals surface area contributed by atoms with Gasteiger partial charge in [-0.15, -0.1) is 0 Å². The number of ether oxygens (including phenoxy) is 2. The van der Waals surface area contributed by atoms with Crippen LogP contribution in [0.15, 0.2) is 18.2 Å². The summed E-state index contributed by atoms with van der Waals surface area (Å²) in [6, 6.07) is 5.42. The highest BCUT2D eigenvalue weighted by molar-refractivity contribution is 7.87. The number of hydrogen-bond donors (Lipinski definition) is 1. The zero-order valence-electron chi connectivity index (χ0n) is 13.9. The first-order valence-electron chi connectivity index (χ1n) is 7.69. The van der Waals surface area contributed by atoms with E-state index in [0.29, 0.717) is 31.2 Å². The third-order valence-corrected chi connectivity index (χ3v) is 5.34. The van der Waals surface area contributed by atoms with Crippen LogP contribution in [0.3, 0.4) is 0 Å². The molecule has 1 heterocycles. The van der Waals surface area contributed by atoms with E-state index >= 15 is 0 Å². The number of likely N-dealkylation sites (N-methyl/N-ethyl adjacent to an activating group) is 1. The summed E-state index contributed by atoms with van der Waals surface area (Å²) in [4.78, 5) is 2.11. The summed E-state index contributed by atoms with van der Waals surface area (Å²) < 4.78 is 39.5. The minimum Gasteiger partial charge on any atom is -0.493 e. The number of methoxy groups -OCH3 is 1. The van der Waals surface area contributed by atoms with Gasteiger partial charge in [0.2, 0.25) is 0 Å². The lowest BCUT2D eigenvalue weighted by Crippen LogP contribution is -2.50. The molecule has 1 fully saturated rings. The van der Waals surface area contributed by atoms with Crippen LogP contribution in [0.1, 0.15) is 12.5 Å². The first-order chi connectivity index (χ1) is 11.0. The molecule has 23 heavy (non-hydrogen) atoms. The molecule has 1 N–H and O–H groups in total. The second kappa shape index (κ2) is 7.96. The lowest BCUT2D eigenvalue weighted by atomic mass is 10.2. The highest BCUT2D eigenvalue weighted by Gasteiger charge is 2.25. The van der Waals surface area contributed by atoms with Crippen molar-refractivity contribution in [3.05, 3.63) is 23.8 Å². The Morgan fingerprint density at radius 2 is 1.87 bits per heavy atom. The summed E-state index contributed by atoms with van der Waals surface area (Å²) in [6.45, 7) is 5.19. The number of nitrogens with one attached hydrogen (secondary N) is 1. The van der Waals surface area contributed by atoms with E-state index in [2.05, 4.69) is 9.62 Å². The van der Waals surface area contributed by atoms with Crippen LogP contribution in [0, 0.1) is 0 Å². The van der Waals surface area contributed by atoms with Crippen LogP contribution in [0.2, 0.25) is 0 Å². The zero-order valence-corrected chi connectivity index (χ0v) is 14.7. The first kappa shape index (κ1) is 18.0. The van der Waals surface area contributed by atoms with E-state index in [1.807, 2.05) is 20.0 Å². The molecule has 1 aromatic carbocycles. The monoisotopic (exact) mass is 343 g/mol. The largest absolute Gasteiger partial charge is 0.493 e.